The lowest BCUT2D eigenvalue weighted by atomic mass is 10.0. The number of benzene rings is 1. The molecule has 1 aromatic rings. The Kier molecular flexibility index (Phi) is 5.41. The van der Waals surface area contributed by atoms with Gasteiger partial charge < -0.3 is 15.4 Å². The second kappa shape index (κ2) is 7.29. The summed E-state index contributed by atoms with van der Waals surface area (Å²) in [6.07, 6.45) is 3.68. The molecule has 2 atom stereocenters. The molecule has 4 heteroatoms. The second-order valence-corrected chi connectivity index (χ2v) is 5.27. The fourth-order valence-corrected chi connectivity index (χ4v) is 2.76. The van der Waals surface area contributed by atoms with Crippen LogP contribution < -0.4 is 15.4 Å². The summed E-state index contributed by atoms with van der Waals surface area (Å²) >= 11 is 0. The van der Waals surface area contributed by atoms with Gasteiger partial charge in [-0.05, 0) is 31.9 Å². The molecule has 1 saturated heterocycles. The van der Waals surface area contributed by atoms with Crippen molar-refractivity contribution in [1.29, 1.82) is 0 Å². The van der Waals surface area contributed by atoms with Crippen molar-refractivity contribution in [3.05, 3.63) is 29.8 Å². The van der Waals surface area contributed by atoms with Crippen LogP contribution in [0.5, 0.6) is 5.75 Å². The van der Waals surface area contributed by atoms with E-state index in [0.717, 1.165) is 30.7 Å². The van der Waals surface area contributed by atoms with Gasteiger partial charge in [-0.1, -0.05) is 25.1 Å². The van der Waals surface area contributed by atoms with Crippen LogP contribution in [0.4, 0.5) is 0 Å². The monoisotopic (exact) mass is 276 g/mol. The van der Waals surface area contributed by atoms with Gasteiger partial charge in [0, 0.05) is 18.0 Å². The number of ether oxygens (including phenoxy) is 1. The predicted molar refractivity (Wildman–Crippen MR) is 79.8 cm³/mol. The third kappa shape index (κ3) is 3.73. The molecule has 4 nitrogen and oxygen atoms in total. The van der Waals surface area contributed by atoms with Gasteiger partial charge in [-0.15, -0.1) is 0 Å². The van der Waals surface area contributed by atoms with Crippen LogP contribution in [0.25, 0.3) is 0 Å². The highest BCUT2D eigenvalue weighted by atomic mass is 16.5. The van der Waals surface area contributed by atoms with Crippen LogP contribution in [0.15, 0.2) is 24.3 Å². The fraction of sp³-hybridized carbons (Fsp3) is 0.562. The molecule has 0 bridgehead atoms. The standard InChI is InChI=1S/C16H24N2O2/c1-3-14(13-8-4-5-9-15(13)20-2)18-16(19)11-12-7-6-10-17-12/h4-5,8-9,12,14,17H,3,6-7,10-11H2,1-2H3,(H,18,19). The molecule has 110 valence electrons. The lowest BCUT2D eigenvalue weighted by Gasteiger charge is -2.21. The highest BCUT2D eigenvalue weighted by Gasteiger charge is 2.21. The van der Waals surface area contributed by atoms with Crippen LogP contribution in [-0.2, 0) is 4.79 Å². The molecule has 2 unspecified atom stereocenters. The molecular formula is C16H24N2O2. The van der Waals surface area contributed by atoms with Gasteiger partial charge in [0.25, 0.3) is 0 Å². The quantitative estimate of drug-likeness (QED) is 0.839. The van der Waals surface area contributed by atoms with Crippen molar-refractivity contribution >= 4 is 5.91 Å². The van der Waals surface area contributed by atoms with E-state index < -0.39 is 0 Å². The summed E-state index contributed by atoms with van der Waals surface area (Å²) in [6.45, 7) is 3.10. The minimum Gasteiger partial charge on any atom is -0.496 e. The Morgan fingerprint density at radius 2 is 2.30 bits per heavy atom. The average molecular weight is 276 g/mol. The van der Waals surface area contributed by atoms with Gasteiger partial charge in [0.15, 0.2) is 0 Å². The SMILES string of the molecule is CCC(NC(=O)CC1CCCN1)c1ccccc1OC. The molecule has 0 saturated carbocycles. The molecule has 1 aliphatic rings. The molecule has 1 aromatic carbocycles. The van der Waals surface area contributed by atoms with Gasteiger partial charge in [-0.3, -0.25) is 4.79 Å². The normalized spacial score (nSPS) is 19.6. The van der Waals surface area contributed by atoms with Crippen LogP contribution in [0, 0.1) is 0 Å². The maximum absolute atomic E-state index is 12.1. The van der Waals surface area contributed by atoms with Crippen molar-refractivity contribution in [3.63, 3.8) is 0 Å². The van der Waals surface area contributed by atoms with E-state index in [9.17, 15) is 4.79 Å². The Labute approximate surface area is 120 Å². The van der Waals surface area contributed by atoms with Crippen LogP contribution in [0.1, 0.15) is 44.2 Å². The average Bonchev–Trinajstić information content (AvgIpc) is 2.97. The van der Waals surface area contributed by atoms with Gasteiger partial charge in [-0.25, -0.2) is 0 Å². The Balaban J connectivity index is 1.98. The zero-order valence-corrected chi connectivity index (χ0v) is 12.3. The number of carbonyl (C=O) groups excluding carboxylic acids is 1. The van der Waals surface area contributed by atoms with E-state index in [2.05, 4.69) is 17.6 Å². The van der Waals surface area contributed by atoms with E-state index in [4.69, 9.17) is 4.74 Å². The first-order valence-electron chi connectivity index (χ1n) is 7.40. The second-order valence-electron chi connectivity index (χ2n) is 5.27. The van der Waals surface area contributed by atoms with Crippen LogP contribution in [0.2, 0.25) is 0 Å². The van der Waals surface area contributed by atoms with E-state index in [0.29, 0.717) is 12.5 Å². The largest absolute Gasteiger partial charge is 0.496 e. The first-order valence-corrected chi connectivity index (χ1v) is 7.40. The van der Waals surface area contributed by atoms with Gasteiger partial charge >= 0.3 is 0 Å². The Morgan fingerprint density at radius 3 is 2.95 bits per heavy atom. The third-order valence-electron chi connectivity index (χ3n) is 3.85. The molecule has 2 rings (SSSR count). The van der Waals surface area contributed by atoms with Gasteiger partial charge in [-0.2, -0.15) is 0 Å². The Hall–Kier alpha value is -1.55. The summed E-state index contributed by atoms with van der Waals surface area (Å²) in [7, 11) is 1.66. The number of amides is 1. The fourth-order valence-electron chi connectivity index (χ4n) is 2.76. The predicted octanol–water partition coefficient (Wildman–Crippen LogP) is 2.40. The lowest BCUT2D eigenvalue weighted by molar-refractivity contribution is -0.122. The maximum Gasteiger partial charge on any atom is 0.222 e. The molecule has 20 heavy (non-hydrogen) atoms. The van der Waals surface area contributed by atoms with E-state index in [1.165, 1.54) is 6.42 Å². The smallest absolute Gasteiger partial charge is 0.222 e. The summed E-state index contributed by atoms with van der Waals surface area (Å²) < 4.78 is 5.38. The molecule has 1 amide bonds. The van der Waals surface area contributed by atoms with Gasteiger partial charge in [0.2, 0.25) is 5.91 Å². The molecule has 0 aliphatic carbocycles. The van der Waals surface area contributed by atoms with Crippen molar-refractivity contribution < 1.29 is 9.53 Å². The number of methoxy groups -OCH3 is 1. The topological polar surface area (TPSA) is 50.4 Å². The van der Waals surface area contributed by atoms with E-state index in [-0.39, 0.29) is 11.9 Å². The molecule has 1 aliphatic heterocycles. The molecular weight excluding hydrogens is 252 g/mol. The Bertz CT molecular complexity index is 442. The molecule has 1 heterocycles. The molecule has 2 N–H and O–H groups in total. The summed E-state index contributed by atoms with van der Waals surface area (Å²) in [6, 6.07) is 8.22. The van der Waals surface area contributed by atoms with Crippen LogP contribution in [0.3, 0.4) is 0 Å². The third-order valence-corrected chi connectivity index (χ3v) is 3.85. The minimum atomic E-state index is 0.0139. The van der Waals surface area contributed by atoms with Crippen molar-refractivity contribution in [3.8, 4) is 5.75 Å². The minimum absolute atomic E-state index is 0.0139. The zero-order valence-electron chi connectivity index (χ0n) is 12.3. The molecule has 0 radical (unpaired) electrons. The number of nitrogens with one attached hydrogen (secondary N) is 2. The van der Waals surface area contributed by atoms with Gasteiger partial charge in [0.1, 0.15) is 5.75 Å². The lowest BCUT2D eigenvalue weighted by Crippen LogP contribution is -2.34. The number of hydrogen-bond donors (Lipinski definition) is 2. The van der Waals surface area contributed by atoms with Crippen molar-refractivity contribution in [2.24, 2.45) is 0 Å². The summed E-state index contributed by atoms with van der Waals surface area (Å²) in [5.74, 6) is 0.945. The van der Waals surface area contributed by atoms with Gasteiger partial charge in [0.05, 0.1) is 13.2 Å². The summed E-state index contributed by atoms with van der Waals surface area (Å²) in [5, 5.41) is 6.48. The van der Waals surface area contributed by atoms with E-state index >= 15 is 0 Å². The molecule has 1 fully saturated rings. The van der Waals surface area contributed by atoms with E-state index in [1.807, 2.05) is 24.3 Å². The van der Waals surface area contributed by atoms with E-state index in [1.54, 1.807) is 7.11 Å². The number of rotatable bonds is 6. The zero-order chi connectivity index (χ0) is 14.4. The first-order chi connectivity index (χ1) is 9.74. The number of para-hydroxylation sites is 1. The number of carbonyl (C=O) groups is 1. The Morgan fingerprint density at radius 1 is 1.50 bits per heavy atom. The molecule has 0 spiro atoms. The molecule has 0 aromatic heterocycles. The summed E-state index contributed by atoms with van der Waals surface area (Å²) in [4.78, 5) is 12.1. The highest BCUT2D eigenvalue weighted by molar-refractivity contribution is 5.77. The van der Waals surface area contributed by atoms with Crippen molar-refractivity contribution in [1.82, 2.24) is 10.6 Å². The first kappa shape index (κ1) is 14.9. The van der Waals surface area contributed by atoms with Crippen LogP contribution >= 0.6 is 0 Å². The number of hydrogen-bond acceptors (Lipinski definition) is 3. The maximum atomic E-state index is 12.1. The summed E-state index contributed by atoms with van der Waals surface area (Å²) in [5.41, 5.74) is 1.05. The highest BCUT2D eigenvalue weighted by Crippen LogP contribution is 2.27. The van der Waals surface area contributed by atoms with Crippen molar-refractivity contribution in [2.45, 2.75) is 44.7 Å². The van der Waals surface area contributed by atoms with Crippen molar-refractivity contribution in [2.75, 3.05) is 13.7 Å². The van der Waals surface area contributed by atoms with Crippen LogP contribution in [-0.4, -0.2) is 25.6 Å².